The third kappa shape index (κ3) is 11.5. The molecule has 0 N–H and O–H groups in total. The second-order valence-electron chi connectivity index (χ2n) is 20.4. The van der Waals surface area contributed by atoms with Crippen LogP contribution in [0, 0.1) is 0 Å². The van der Waals surface area contributed by atoms with Crippen molar-refractivity contribution in [3.63, 3.8) is 0 Å². The zero-order valence-corrected chi connectivity index (χ0v) is 45.6. The molecule has 1 unspecified atom stereocenters. The van der Waals surface area contributed by atoms with Crippen LogP contribution in [0.2, 0.25) is 0 Å². The molecule has 0 saturated carbocycles. The topological polar surface area (TPSA) is 92.8 Å². The molecule has 0 saturated heterocycles. The molecular weight excluding hydrogens is 1030 g/mol. The lowest BCUT2D eigenvalue weighted by Crippen LogP contribution is -2.44. The number of allylic oxidation sites excluding steroid dienone is 2. The van der Waals surface area contributed by atoms with Crippen molar-refractivity contribution in [2.24, 2.45) is 0 Å². The maximum Gasteiger partial charge on any atom is 0.247 e. The first-order chi connectivity index (χ1) is 41.0. The van der Waals surface area contributed by atoms with Gasteiger partial charge in [-0.05, 0) is 92.6 Å². The van der Waals surface area contributed by atoms with E-state index >= 15 is 4.79 Å². The van der Waals surface area contributed by atoms with E-state index in [9.17, 15) is 4.79 Å². The molecule has 1 aliphatic carbocycles. The van der Waals surface area contributed by atoms with Gasteiger partial charge in [0, 0.05) is 22.7 Å². The van der Waals surface area contributed by atoms with Gasteiger partial charge in [0.15, 0.2) is 23.0 Å². The third-order valence-corrected chi connectivity index (χ3v) is 15.0. The SMILES string of the molecule is O=CC1=CC2=C(c3cc(OCc4ccccc4)c(OCc4ccccc4)c(OCc4ccccc4)c3)N(c3ccccc3)C(=O)[C@]2(c2ccccc2)C1c1cc(OCc2ccccc2)c(OCc2ccccc2)c(OCc2ccccc2)c1. The van der Waals surface area contributed by atoms with Crippen LogP contribution in [-0.2, 0) is 54.6 Å². The summed E-state index contributed by atoms with van der Waals surface area (Å²) in [4.78, 5) is 33.0. The van der Waals surface area contributed by atoms with E-state index in [1.807, 2.05) is 273 Å². The molecule has 2 atom stereocenters. The molecule has 0 spiro atoms. The number of carbonyl (C=O) groups excluding carboxylic acids is 2. The number of ether oxygens (including phenoxy) is 6. The molecule has 0 radical (unpaired) electrons. The average Bonchev–Trinajstić information content (AvgIpc) is 1.66. The molecule has 2 aliphatic rings. The Kier molecular flexibility index (Phi) is 16.0. The highest BCUT2D eigenvalue weighted by Gasteiger charge is 2.62. The Hall–Kier alpha value is -10.4. The highest BCUT2D eigenvalue weighted by atomic mass is 16.5. The molecule has 10 aromatic rings. The van der Waals surface area contributed by atoms with Crippen molar-refractivity contribution in [1.82, 2.24) is 0 Å². The van der Waals surface area contributed by atoms with Crippen molar-refractivity contribution in [2.75, 3.05) is 4.90 Å². The van der Waals surface area contributed by atoms with E-state index in [1.54, 1.807) is 4.90 Å². The number of aldehydes is 1. The fraction of sp³-hybridized carbons (Fsp3) is 0.108. The fourth-order valence-corrected chi connectivity index (χ4v) is 11.1. The van der Waals surface area contributed by atoms with E-state index in [0.717, 1.165) is 39.7 Å². The number of anilines is 1. The number of amides is 1. The Balaban J connectivity index is 1.09. The lowest BCUT2D eigenvalue weighted by molar-refractivity contribution is -0.121. The Bertz CT molecular complexity index is 3750. The Morgan fingerprint density at radius 3 is 1.05 bits per heavy atom. The molecule has 12 rings (SSSR count). The molecule has 408 valence electrons. The van der Waals surface area contributed by atoms with Crippen molar-refractivity contribution in [2.45, 2.75) is 51.0 Å². The fourth-order valence-electron chi connectivity index (χ4n) is 11.1. The quantitative estimate of drug-likeness (QED) is 0.0585. The third-order valence-electron chi connectivity index (χ3n) is 15.0. The molecule has 1 amide bonds. The number of nitrogens with zero attached hydrogens (tertiary/aromatic N) is 1. The van der Waals surface area contributed by atoms with Crippen molar-refractivity contribution in [3.05, 3.63) is 334 Å². The minimum absolute atomic E-state index is 0.194. The van der Waals surface area contributed by atoms with Gasteiger partial charge in [-0.1, -0.05) is 231 Å². The van der Waals surface area contributed by atoms with Crippen LogP contribution in [-0.4, -0.2) is 12.2 Å². The van der Waals surface area contributed by atoms with Gasteiger partial charge in [0.25, 0.3) is 0 Å². The van der Waals surface area contributed by atoms with Gasteiger partial charge in [-0.15, -0.1) is 0 Å². The summed E-state index contributed by atoms with van der Waals surface area (Å²) in [5.74, 6) is 1.15. The maximum atomic E-state index is 16.9. The largest absolute Gasteiger partial charge is 0.485 e. The monoisotopic (exact) mass is 1090 g/mol. The smallest absolute Gasteiger partial charge is 0.247 e. The van der Waals surface area contributed by atoms with E-state index in [0.29, 0.717) is 73.7 Å². The number of carbonyl (C=O) groups is 2. The summed E-state index contributed by atoms with van der Waals surface area (Å²) in [7, 11) is 0. The number of hydrogen-bond donors (Lipinski definition) is 0. The van der Waals surface area contributed by atoms with E-state index in [1.165, 1.54) is 0 Å². The summed E-state index contributed by atoms with van der Waals surface area (Å²) in [5.41, 5.74) is 8.13. The number of hydrogen-bond acceptors (Lipinski definition) is 8. The molecule has 0 aromatic heterocycles. The second kappa shape index (κ2) is 25.0. The van der Waals surface area contributed by atoms with Crippen molar-refractivity contribution in [3.8, 4) is 34.5 Å². The summed E-state index contributed by atoms with van der Waals surface area (Å²) >= 11 is 0. The summed E-state index contributed by atoms with van der Waals surface area (Å²) in [5, 5.41) is 0. The number of fused-ring (bicyclic) bond motifs is 1. The predicted molar refractivity (Wildman–Crippen MR) is 323 cm³/mol. The van der Waals surface area contributed by atoms with Gasteiger partial charge in [-0.25, -0.2) is 0 Å². The Morgan fingerprint density at radius 2 is 0.699 bits per heavy atom. The van der Waals surface area contributed by atoms with Crippen molar-refractivity contribution in [1.29, 1.82) is 0 Å². The highest BCUT2D eigenvalue weighted by Crippen LogP contribution is 2.63. The van der Waals surface area contributed by atoms with Gasteiger partial charge < -0.3 is 28.4 Å². The lowest BCUT2D eigenvalue weighted by Gasteiger charge is -2.35. The van der Waals surface area contributed by atoms with Gasteiger partial charge in [0.05, 0.1) is 5.70 Å². The number of benzene rings is 10. The lowest BCUT2D eigenvalue weighted by atomic mass is 9.65. The molecule has 9 heteroatoms. The van der Waals surface area contributed by atoms with Gasteiger partial charge in [-0.3, -0.25) is 14.5 Å². The van der Waals surface area contributed by atoms with Gasteiger partial charge in [0.2, 0.25) is 17.4 Å². The first-order valence-corrected chi connectivity index (χ1v) is 27.8. The molecule has 83 heavy (non-hydrogen) atoms. The van der Waals surface area contributed by atoms with E-state index < -0.39 is 11.3 Å². The molecule has 10 aromatic carbocycles. The van der Waals surface area contributed by atoms with Gasteiger partial charge in [-0.2, -0.15) is 0 Å². The van der Waals surface area contributed by atoms with Gasteiger partial charge >= 0.3 is 0 Å². The maximum absolute atomic E-state index is 16.9. The molecule has 0 fully saturated rings. The van der Waals surface area contributed by atoms with E-state index in [2.05, 4.69) is 0 Å². The van der Waals surface area contributed by atoms with Crippen LogP contribution in [0.4, 0.5) is 5.69 Å². The normalized spacial score (nSPS) is 15.3. The van der Waals surface area contributed by atoms with Crippen LogP contribution in [0.3, 0.4) is 0 Å². The summed E-state index contributed by atoms with van der Waals surface area (Å²) in [6.07, 6.45) is 2.76. The summed E-state index contributed by atoms with van der Waals surface area (Å²) in [6.45, 7) is 1.23. The van der Waals surface area contributed by atoms with Crippen LogP contribution < -0.4 is 33.3 Å². The van der Waals surface area contributed by atoms with Crippen LogP contribution >= 0.6 is 0 Å². The zero-order chi connectivity index (χ0) is 56.2. The highest BCUT2D eigenvalue weighted by molar-refractivity contribution is 6.22. The molecule has 1 aliphatic heterocycles. The van der Waals surface area contributed by atoms with Crippen molar-refractivity contribution < 1.29 is 38.0 Å². The Labute approximate surface area is 483 Å². The second-order valence-corrected chi connectivity index (χ2v) is 20.4. The Morgan fingerprint density at radius 1 is 0.386 bits per heavy atom. The number of para-hydroxylation sites is 1. The average molecular weight is 1090 g/mol. The van der Waals surface area contributed by atoms with Crippen LogP contribution in [0.1, 0.15) is 56.0 Å². The zero-order valence-electron chi connectivity index (χ0n) is 45.6. The van der Waals surface area contributed by atoms with Crippen LogP contribution in [0.15, 0.2) is 284 Å². The molecule has 9 nitrogen and oxygen atoms in total. The van der Waals surface area contributed by atoms with E-state index in [4.69, 9.17) is 28.4 Å². The molecular formula is C74H59NO8. The van der Waals surface area contributed by atoms with Crippen LogP contribution in [0.25, 0.3) is 5.70 Å². The number of rotatable bonds is 23. The standard InChI is InChI=1S/C74H59NO8/c76-46-61-41-64-70(60-44-67(80-49-55-29-13-3-14-30-55)72(83-52-58-35-19-6-20-36-58)68(45-60)81-50-56-31-15-4-16-32-56)75(63-39-23-8-24-40-63)73(77)74(64,62-37-21-7-22-38-62)69(61)59-42-65(78-47-53-25-9-1-10-26-53)71(82-51-57-33-17-5-18-34-57)66(43-59)79-48-54-27-11-2-12-28-54/h1-46,69H,47-52H2/t69?,74-/m0/s1. The minimum atomic E-state index is -1.55. The minimum Gasteiger partial charge on any atom is -0.485 e. The first kappa shape index (κ1) is 53.3. The predicted octanol–water partition coefficient (Wildman–Crippen LogP) is 15.8. The van der Waals surface area contributed by atoms with Crippen LogP contribution in [0.5, 0.6) is 34.5 Å². The summed E-state index contributed by atoms with van der Waals surface area (Å²) < 4.78 is 41.1. The van der Waals surface area contributed by atoms with Gasteiger partial charge in [0.1, 0.15) is 51.3 Å². The van der Waals surface area contributed by atoms with E-state index in [-0.39, 0.29) is 45.5 Å². The first-order valence-electron chi connectivity index (χ1n) is 27.8. The summed E-state index contributed by atoms with van der Waals surface area (Å²) in [6, 6.07) is 86.6. The molecule has 1 heterocycles. The molecule has 0 bridgehead atoms. The van der Waals surface area contributed by atoms with Crippen molar-refractivity contribution >= 4 is 23.6 Å².